The van der Waals surface area contributed by atoms with Gasteiger partial charge in [0.15, 0.2) is 0 Å². The van der Waals surface area contributed by atoms with Crippen LogP contribution in [0.1, 0.15) is 39.0 Å². The predicted molar refractivity (Wildman–Crippen MR) is 95.1 cm³/mol. The Morgan fingerprint density at radius 3 is 2.46 bits per heavy atom. The van der Waals surface area contributed by atoms with E-state index in [-0.39, 0.29) is 6.04 Å². The van der Waals surface area contributed by atoms with Gasteiger partial charge in [0.25, 0.3) is 0 Å². The zero-order valence-electron chi connectivity index (χ0n) is 14.4. The van der Waals surface area contributed by atoms with Crippen LogP contribution in [0.15, 0.2) is 41.4 Å². The van der Waals surface area contributed by atoms with E-state index >= 15 is 0 Å². The molecule has 24 heavy (non-hydrogen) atoms. The van der Waals surface area contributed by atoms with Crippen molar-refractivity contribution in [2.75, 3.05) is 6.54 Å². The summed E-state index contributed by atoms with van der Waals surface area (Å²) < 4.78 is 29.9. The lowest BCUT2D eigenvalue weighted by Gasteiger charge is -2.32. The van der Waals surface area contributed by atoms with Gasteiger partial charge in [0.2, 0.25) is 10.0 Å². The highest BCUT2D eigenvalue weighted by molar-refractivity contribution is 7.89. The van der Waals surface area contributed by atoms with Crippen molar-refractivity contribution in [1.82, 2.24) is 14.1 Å². The molecule has 1 aromatic heterocycles. The number of hydrogen-bond donors (Lipinski definition) is 0. The van der Waals surface area contributed by atoms with Crippen LogP contribution in [0.25, 0.3) is 11.3 Å². The molecule has 0 atom stereocenters. The first-order valence-corrected chi connectivity index (χ1v) is 10.1. The molecule has 0 aliphatic heterocycles. The second-order valence-corrected chi connectivity index (χ2v) is 8.24. The van der Waals surface area contributed by atoms with Gasteiger partial charge in [-0.3, -0.25) is 4.68 Å². The summed E-state index contributed by atoms with van der Waals surface area (Å²) in [5.41, 5.74) is 1.36. The Labute approximate surface area is 144 Å². The molecule has 0 N–H and O–H groups in total. The Balaban J connectivity index is 2.03. The van der Waals surface area contributed by atoms with Crippen molar-refractivity contribution >= 4 is 10.0 Å². The monoisotopic (exact) mass is 347 g/mol. The van der Waals surface area contributed by atoms with E-state index < -0.39 is 10.0 Å². The van der Waals surface area contributed by atoms with Gasteiger partial charge in [0, 0.05) is 31.4 Å². The normalized spacial score (nSPS) is 16.6. The molecule has 0 bridgehead atoms. The molecule has 1 aliphatic rings. The first-order valence-electron chi connectivity index (χ1n) is 8.65. The molecule has 0 unspecified atom stereocenters. The standard InChI is InChI=1S/C18H25N3O2S/c1-3-21(16-12-8-5-9-13-16)24(22,23)17-14-20(2)19-18(17)15-10-6-4-7-11-15/h4,6-7,10-11,14,16H,3,5,8-9,12-13H2,1-2H3. The molecule has 1 heterocycles. The Morgan fingerprint density at radius 1 is 1.17 bits per heavy atom. The average Bonchev–Trinajstić information content (AvgIpc) is 3.00. The molecule has 0 amide bonds. The molecule has 6 heteroatoms. The summed E-state index contributed by atoms with van der Waals surface area (Å²) in [6, 6.07) is 9.63. The molecule has 1 saturated carbocycles. The van der Waals surface area contributed by atoms with Crippen molar-refractivity contribution in [3.63, 3.8) is 0 Å². The van der Waals surface area contributed by atoms with Crippen molar-refractivity contribution in [2.24, 2.45) is 7.05 Å². The first-order chi connectivity index (χ1) is 11.5. The van der Waals surface area contributed by atoms with Gasteiger partial charge >= 0.3 is 0 Å². The van der Waals surface area contributed by atoms with Crippen LogP contribution in [-0.2, 0) is 17.1 Å². The Morgan fingerprint density at radius 2 is 1.83 bits per heavy atom. The largest absolute Gasteiger partial charge is 0.274 e. The van der Waals surface area contributed by atoms with Gasteiger partial charge in [-0.05, 0) is 12.8 Å². The molecule has 1 aromatic carbocycles. The second-order valence-electron chi connectivity index (χ2n) is 6.38. The molecule has 3 rings (SSSR count). The molecular formula is C18H25N3O2S. The van der Waals surface area contributed by atoms with E-state index in [2.05, 4.69) is 5.10 Å². The molecule has 2 aromatic rings. The van der Waals surface area contributed by atoms with Gasteiger partial charge < -0.3 is 0 Å². The van der Waals surface area contributed by atoms with E-state index in [1.54, 1.807) is 22.2 Å². The lowest BCUT2D eigenvalue weighted by atomic mass is 9.95. The predicted octanol–water partition coefficient (Wildman–Crippen LogP) is 3.43. The van der Waals surface area contributed by atoms with E-state index in [1.165, 1.54) is 6.42 Å². The number of aromatic nitrogens is 2. The minimum absolute atomic E-state index is 0.109. The van der Waals surface area contributed by atoms with Crippen LogP contribution in [0.5, 0.6) is 0 Å². The topological polar surface area (TPSA) is 55.2 Å². The molecule has 0 radical (unpaired) electrons. The fourth-order valence-corrected chi connectivity index (χ4v) is 5.46. The van der Waals surface area contributed by atoms with Crippen LogP contribution < -0.4 is 0 Å². The van der Waals surface area contributed by atoms with Crippen molar-refractivity contribution < 1.29 is 8.42 Å². The van der Waals surface area contributed by atoms with Crippen LogP contribution >= 0.6 is 0 Å². The highest BCUT2D eigenvalue weighted by Gasteiger charge is 2.34. The van der Waals surface area contributed by atoms with Crippen molar-refractivity contribution in [2.45, 2.75) is 50.0 Å². The third-order valence-electron chi connectivity index (χ3n) is 4.72. The summed E-state index contributed by atoms with van der Waals surface area (Å²) in [5.74, 6) is 0. The first kappa shape index (κ1) is 17.2. The fraction of sp³-hybridized carbons (Fsp3) is 0.500. The zero-order valence-corrected chi connectivity index (χ0v) is 15.2. The lowest BCUT2D eigenvalue weighted by molar-refractivity contribution is 0.261. The number of hydrogen-bond acceptors (Lipinski definition) is 3. The van der Waals surface area contributed by atoms with Crippen molar-refractivity contribution in [1.29, 1.82) is 0 Å². The zero-order chi connectivity index (χ0) is 17.2. The van der Waals surface area contributed by atoms with Gasteiger partial charge in [0.1, 0.15) is 10.6 Å². The number of aryl methyl sites for hydroxylation is 1. The van der Waals surface area contributed by atoms with Gasteiger partial charge in [0.05, 0.1) is 0 Å². The number of sulfonamides is 1. The van der Waals surface area contributed by atoms with Crippen LogP contribution in [0, 0.1) is 0 Å². The van der Waals surface area contributed by atoms with Crippen LogP contribution in [0.3, 0.4) is 0 Å². The number of nitrogens with zero attached hydrogens (tertiary/aromatic N) is 3. The highest BCUT2D eigenvalue weighted by Crippen LogP contribution is 2.32. The molecule has 5 nitrogen and oxygen atoms in total. The van der Waals surface area contributed by atoms with E-state index in [1.807, 2.05) is 37.3 Å². The van der Waals surface area contributed by atoms with E-state index in [4.69, 9.17) is 0 Å². The average molecular weight is 347 g/mol. The van der Waals surface area contributed by atoms with Crippen LogP contribution in [0.4, 0.5) is 0 Å². The summed E-state index contributed by atoms with van der Waals surface area (Å²) >= 11 is 0. The SMILES string of the molecule is CCN(C1CCCCC1)S(=O)(=O)c1cn(C)nc1-c1ccccc1. The van der Waals surface area contributed by atoms with E-state index in [9.17, 15) is 8.42 Å². The summed E-state index contributed by atoms with van der Waals surface area (Å²) in [4.78, 5) is 0.309. The lowest BCUT2D eigenvalue weighted by Crippen LogP contribution is -2.41. The Kier molecular flexibility index (Phi) is 5.06. The van der Waals surface area contributed by atoms with Crippen LogP contribution in [0.2, 0.25) is 0 Å². The third kappa shape index (κ3) is 3.26. The third-order valence-corrected chi connectivity index (χ3v) is 6.75. The van der Waals surface area contributed by atoms with Crippen LogP contribution in [-0.4, -0.2) is 35.1 Å². The number of rotatable bonds is 5. The molecule has 0 saturated heterocycles. The maximum absolute atomic E-state index is 13.3. The maximum atomic E-state index is 13.3. The minimum atomic E-state index is -3.56. The van der Waals surface area contributed by atoms with E-state index in [0.717, 1.165) is 31.2 Å². The minimum Gasteiger partial charge on any atom is -0.274 e. The second kappa shape index (κ2) is 7.07. The molecular weight excluding hydrogens is 322 g/mol. The number of benzene rings is 1. The van der Waals surface area contributed by atoms with E-state index in [0.29, 0.717) is 17.1 Å². The fourth-order valence-electron chi connectivity index (χ4n) is 3.57. The van der Waals surface area contributed by atoms with Gasteiger partial charge in [-0.2, -0.15) is 9.40 Å². The Hall–Kier alpha value is -1.66. The van der Waals surface area contributed by atoms with Gasteiger partial charge in [-0.25, -0.2) is 8.42 Å². The van der Waals surface area contributed by atoms with Crippen molar-refractivity contribution in [3.8, 4) is 11.3 Å². The summed E-state index contributed by atoms with van der Waals surface area (Å²) in [5, 5.41) is 4.42. The Bertz CT molecular complexity index is 778. The molecule has 1 aliphatic carbocycles. The van der Waals surface area contributed by atoms with Gasteiger partial charge in [-0.15, -0.1) is 0 Å². The smallest absolute Gasteiger partial charge is 0.247 e. The van der Waals surface area contributed by atoms with Gasteiger partial charge in [-0.1, -0.05) is 56.5 Å². The summed E-state index contributed by atoms with van der Waals surface area (Å²) in [7, 11) is -1.79. The molecule has 130 valence electrons. The summed E-state index contributed by atoms with van der Waals surface area (Å²) in [6.45, 7) is 2.42. The highest BCUT2D eigenvalue weighted by atomic mass is 32.2. The maximum Gasteiger partial charge on any atom is 0.247 e. The quantitative estimate of drug-likeness (QED) is 0.832. The molecule has 0 spiro atoms. The molecule has 1 fully saturated rings. The summed E-state index contributed by atoms with van der Waals surface area (Å²) in [6.07, 6.45) is 6.95. The van der Waals surface area contributed by atoms with Crippen molar-refractivity contribution in [3.05, 3.63) is 36.5 Å².